The number of nitrogens with zero attached hydrogens (tertiary/aromatic N) is 2. The van der Waals surface area contributed by atoms with Crippen LogP contribution in [0.1, 0.15) is 32.9 Å². The van der Waals surface area contributed by atoms with Crippen molar-refractivity contribution in [2.24, 2.45) is 5.41 Å². The van der Waals surface area contributed by atoms with Gasteiger partial charge in [-0.1, -0.05) is 20.8 Å². The third-order valence-electron chi connectivity index (χ3n) is 3.85. The second-order valence-electron chi connectivity index (χ2n) is 6.57. The van der Waals surface area contributed by atoms with Crippen molar-refractivity contribution in [1.82, 2.24) is 10.3 Å². The van der Waals surface area contributed by atoms with Crippen LogP contribution in [0.3, 0.4) is 0 Å². The van der Waals surface area contributed by atoms with E-state index in [-0.39, 0.29) is 5.41 Å². The number of alkyl halides is 3. The van der Waals surface area contributed by atoms with Gasteiger partial charge < -0.3 is 10.2 Å². The molecule has 1 aromatic rings. The van der Waals surface area contributed by atoms with E-state index >= 15 is 0 Å². The van der Waals surface area contributed by atoms with Crippen molar-refractivity contribution in [3.05, 3.63) is 24.0 Å². The van der Waals surface area contributed by atoms with Gasteiger partial charge in [0.2, 0.25) is 0 Å². The SMILES string of the molecule is CC(C)(C)C1CN(c2ccc(C(F)(F)F)nc2)CCCN1. The molecule has 6 heteroatoms. The maximum Gasteiger partial charge on any atom is 0.433 e. The number of hydrogen-bond donors (Lipinski definition) is 1. The van der Waals surface area contributed by atoms with Crippen molar-refractivity contribution < 1.29 is 13.2 Å². The normalized spacial score (nSPS) is 21.2. The lowest BCUT2D eigenvalue weighted by atomic mass is 9.86. The van der Waals surface area contributed by atoms with Crippen LogP contribution in [0.4, 0.5) is 18.9 Å². The van der Waals surface area contributed by atoms with E-state index < -0.39 is 11.9 Å². The molecule has 2 heterocycles. The summed E-state index contributed by atoms with van der Waals surface area (Å²) in [5.41, 5.74) is 0.00888. The largest absolute Gasteiger partial charge is 0.433 e. The Hall–Kier alpha value is -1.30. The summed E-state index contributed by atoms with van der Waals surface area (Å²) in [6.45, 7) is 9.02. The molecular formula is C15H22F3N3. The van der Waals surface area contributed by atoms with Crippen LogP contribution in [0, 0.1) is 5.41 Å². The zero-order chi connectivity index (χ0) is 15.7. The summed E-state index contributed by atoms with van der Waals surface area (Å²) in [5.74, 6) is 0. The van der Waals surface area contributed by atoms with Gasteiger partial charge >= 0.3 is 6.18 Å². The fourth-order valence-corrected chi connectivity index (χ4v) is 2.48. The van der Waals surface area contributed by atoms with Gasteiger partial charge in [-0.05, 0) is 30.5 Å². The van der Waals surface area contributed by atoms with Crippen LogP contribution < -0.4 is 10.2 Å². The fraction of sp³-hybridized carbons (Fsp3) is 0.667. The maximum absolute atomic E-state index is 12.6. The molecule has 2 rings (SSSR count). The molecule has 0 spiro atoms. The number of rotatable bonds is 1. The smallest absolute Gasteiger partial charge is 0.369 e. The van der Waals surface area contributed by atoms with Crippen LogP contribution in [0.2, 0.25) is 0 Å². The van der Waals surface area contributed by atoms with E-state index in [1.807, 2.05) is 0 Å². The van der Waals surface area contributed by atoms with Gasteiger partial charge in [0.25, 0.3) is 0 Å². The van der Waals surface area contributed by atoms with Gasteiger partial charge in [-0.3, -0.25) is 0 Å². The van der Waals surface area contributed by atoms with E-state index in [1.54, 1.807) is 0 Å². The van der Waals surface area contributed by atoms with Crippen LogP contribution in [-0.4, -0.2) is 30.7 Å². The van der Waals surface area contributed by atoms with Crippen molar-refractivity contribution in [2.45, 2.75) is 39.4 Å². The minimum absolute atomic E-state index is 0.0991. The predicted octanol–water partition coefficient (Wildman–Crippen LogP) is 3.31. The summed E-state index contributed by atoms with van der Waals surface area (Å²) >= 11 is 0. The molecule has 1 unspecified atom stereocenters. The Kier molecular flexibility index (Phi) is 4.46. The molecule has 0 amide bonds. The highest BCUT2D eigenvalue weighted by atomic mass is 19.4. The average molecular weight is 301 g/mol. The van der Waals surface area contributed by atoms with Gasteiger partial charge in [0.05, 0.1) is 11.9 Å². The van der Waals surface area contributed by atoms with Crippen molar-refractivity contribution in [1.29, 1.82) is 0 Å². The monoisotopic (exact) mass is 301 g/mol. The van der Waals surface area contributed by atoms with E-state index in [2.05, 4.69) is 36.0 Å². The zero-order valence-electron chi connectivity index (χ0n) is 12.7. The van der Waals surface area contributed by atoms with E-state index in [0.29, 0.717) is 6.04 Å². The van der Waals surface area contributed by atoms with Gasteiger partial charge in [0.1, 0.15) is 5.69 Å². The van der Waals surface area contributed by atoms with E-state index in [0.717, 1.165) is 37.8 Å². The van der Waals surface area contributed by atoms with E-state index in [1.165, 1.54) is 12.3 Å². The second-order valence-corrected chi connectivity index (χ2v) is 6.57. The zero-order valence-corrected chi connectivity index (χ0v) is 12.7. The summed E-state index contributed by atoms with van der Waals surface area (Å²) in [7, 11) is 0. The first-order valence-electron chi connectivity index (χ1n) is 7.19. The molecule has 1 N–H and O–H groups in total. The number of nitrogens with one attached hydrogen (secondary N) is 1. The minimum Gasteiger partial charge on any atom is -0.369 e. The number of hydrogen-bond acceptors (Lipinski definition) is 3. The first-order valence-corrected chi connectivity index (χ1v) is 7.19. The summed E-state index contributed by atoms with van der Waals surface area (Å²) < 4.78 is 37.7. The first-order chi connectivity index (χ1) is 9.68. The van der Waals surface area contributed by atoms with Crippen LogP contribution in [0.15, 0.2) is 18.3 Å². The lowest BCUT2D eigenvalue weighted by Crippen LogP contribution is -2.46. The molecule has 1 aliphatic rings. The van der Waals surface area contributed by atoms with Crippen molar-refractivity contribution in [3.63, 3.8) is 0 Å². The Morgan fingerprint density at radius 2 is 1.95 bits per heavy atom. The minimum atomic E-state index is -4.38. The van der Waals surface area contributed by atoms with Crippen LogP contribution in [0.5, 0.6) is 0 Å². The highest BCUT2D eigenvalue weighted by Crippen LogP contribution is 2.29. The molecular weight excluding hydrogens is 279 g/mol. The van der Waals surface area contributed by atoms with Crippen molar-refractivity contribution >= 4 is 5.69 Å². The average Bonchev–Trinajstić information content (AvgIpc) is 2.63. The molecule has 1 fully saturated rings. The molecule has 0 aliphatic carbocycles. The number of pyridine rings is 1. The van der Waals surface area contributed by atoms with Gasteiger partial charge in [-0.15, -0.1) is 0 Å². The highest BCUT2D eigenvalue weighted by molar-refractivity contribution is 5.45. The third-order valence-corrected chi connectivity index (χ3v) is 3.85. The molecule has 0 aromatic carbocycles. The van der Waals surface area contributed by atoms with Crippen LogP contribution in [0.25, 0.3) is 0 Å². The van der Waals surface area contributed by atoms with Gasteiger partial charge in [-0.25, -0.2) is 4.98 Å². The topological polar surface area (TPSA) is 28.2 Å². The van der Waals surface area contributed by atoms with E-state index in [4.69, 9.17) is 0 Å². The molecule has 1 atom stereocenters. The molecule has 0 saturated carbocycles. The molecule has 118 valence electrons. The lowest BCUT2D eigenvalue weighted by Gasteiger charge is -2.34. The quantitative estimate of drug-likeness (QED) is 0.862. The third kappa shape index (κ3) is 4.09. The predicted molar refractivity (Wildman–Crippen MR) is 77.3 cm³/mol. The first kappa shape index (κ1) is 16.1. The summed E-state index contributed by atoms with van der Waals surface area (Å²) in [6.07, 6.45) is -2.09. The molecule has 1 saturated heterocycles. The highest BCUT2D eigenvalue weighted by Gasteiger charge is 2.33. The van der Waals surface area contributed by atoms with Gasteiger partial charge in [-0.2, -0.15) is 13.2 Å². The number of anilines is 1. The Balaban J connectivity index is 2.16. The maximum atomic E-state index is 12.6. The Morgan fingerprint density at radius 3 is 2.48 bits per heavy atom. The second kappa shape index (κ2) is 5.83. The van der Waals surface area contributed by atoms with Crippen LogP contribution in [-0.2, 0) is 6.18 Å². The van der Waals surface area contributed by atoms with Crippen molar-refractivity contribution in [2.75, 3.05) is 24.5 Å². The molecule has 21 heavy (non-hydrogen) atoms. The molecule has 1 aromatic heterocycles. The Labute approximate surface area is 123 Å². The van der Waals surface area contributed by atoms with Crippen molar-refractivity contribution in [3.8, 4) is 0 Å². The molecule has 1 aliphatic heterocycles. The Bertz CT molecular complexity index is 463. The Morgan fingerprint density at radius 1 is 1.24 bits per heavy atom. The molecule has 0 bridgehead atoms. The number of halogens is 3. The summed E-state index contributed by atoms with van der Waals surface area (Å²) in [4.78, 5) is 5.67. The van der Waals surface area contributed by atoms with Gasteiger partial charge in [0.15, 0.2) is 0 Å². The van der Waals surface area contributed by atoms with Crippen LogP contribution >= 0.6 is 0 Å². The number of aromatic nitrogens is 1. The molecule has 0 radical (unpaired) electrons. The summed E-state index contributed by atoms with van der Waals surface area (Å²) in [6, 6.07) is 2.86. The standard InChI is InChI=1S/C15H22F3N3/c1-14(2,3)13-10-21(8-4-7-19-13)11-5-6-12(20-9-11)15(16,17)18/h5-6,9,13,19H,4,7-8,10H2,1-3H3. The summed E-state index contributed by atoms with van der Waals surface area (Å²) in [5, 5.41) is 3.51. The lowest BCUT2D eigenvalue weighted by molar-refractivity contribution is -0.141. The fourth-order valence-electron chi connectivity index (χ4n) is 2.48. The molecule has 3 nitrogen and oxygen atoms in total. The van der Waals surface area contributed by atoms with Gasteiger partial charge in [0, 0.05) is 19.1 Å². The van der Waals surface area contributed by atoms with E-state index in [9.17, 15) is 13.2 Å².